The third kappa shape index (κ3) is 3.29. The predicted molar refractivity (Wildman–Crippen MR) is 148 cm³/mol. The largest absolute Gasteiger partial charge is 0.508 e. The van der Waals surface area contributed by atoms with Crippen LogP contribution in [0.15, 0.2) is 66.7 Å². The van der Waals surface area contributed by atoms with Gasteiger partial charge in [0, 0.05) is 50.0 Å². The lowest BCUT2D eigenvalue weighted by Gasteiger charge is -2.20. The second-order valence-corrected chi connectivity index (χ2v) is 9.08. The number of aromatic hydroxyl groups is 4. The smallest absolute Gasteiger partial charge is 0.132 e. The standard InChI is InChI=1S/C31H24O7/c1-36-26-11-16(32)9-15-10-20-17(7-8-25(34)22(20)12-19(15)26)29-28(38-3)14-27(37-2)23-13-21-18(31(35)30(23)29)5-4-6-24(21)33/h4-14,32-35H,1-3H3. The van der Waals surface area contributed by atoms with Gasteiger partial charge in [-0.1, -0.05) is 12.1 Å². The molecule has 0 heterocycles. The zero-order chi connectivity index (χ0) is 26.7. The molecule has 0 aliphatic rings. The van der Waals surface area contributed by atoms with Crippen molar-refractivity contribution in [3.05, 3.63) is 66.7 Å². The van der Waals surface area contributed by atoms with E-state index in [1.165, 1.54) is 27.4 Å². The van der Waals surface area contributed by atoms with E-state index < -0.39 is 0 Å². The van der Waals surface area contributed by atoms with Crippen molar-refractivity contribution < 1.29 is 34.6 Å². The Kier molecular flexibility index (Phi) is 5.24. The Bertz CT molecular complexity index is 1920. The van der Waals surface area contributed by atoms with E-state index in [4.69, 9.17) is 14.2 Å². The number of benzene rings is 6. The van der Waals surface area contributed by atoms with Crippen LogP contribution in [0.2, 0.25) is 0 Å². The highest BCUT2D eigenvalue weighted by Gasteiger charge is 2.23. The second-order valence-electron chi connectivity index (χ2n) is 9.08. The molecule has 0 unspecified atom stereocenters. The predicted octanol–water partition coefficient (Wildman–Crippen LogP) is 6.81. The van der Waals surface area contributed by atoms with Crippen molar-refractivity contribution in [3.63, 3.8) is 0 Å². The minimum atomic E-state index is -0.0399. The van der Waals surface area contributed by atoms with E-state index in [9.17, 15) is 20.4 Å². The fourth-order valence-corrected chi connectivity index (χ4v) is 5.35. The van der Waals surface area contributed by atoms with Gasteiger partial charge in [0.2, 0.25) is 0 Å². The molecule has 0 fully saturated rings. The van der Waals surface area contributed by atoms with Crippen molar-refractivity contribution >= 4 is 43.1 Å². The topological polar surface area (TPSA) is 109 Å². The summed E-state index contributed by atoms with van der Waals surface area (Å²) < 4.78 is 16.9. The summed E-state index contributed by atoms with van der Waals surface area (Å²) in [6, 6.07) is 18.7. The molecule has 6 rings (SSSR count). The SMILES string of the molecule is COc1cc(OC)c2cc3c(O)cccc3c(O)c2c1-c1ccc(O)c2cc3c(OC)cc(O)cc3cc12. The van der Waals surface area contributed by atoms with Gasteiger partial charge in [0.25, 0.3) is 0 Å². The highest BCUT2D eigenvalue weighted by atomic mass is 16.5. The van der Waals surface area contributed by atoms with E-state index in [-0.39, 0.29) is 23.0 Å². The lowest BCUT2D eigenvalue weighted by atomic mass is 9.89. The zero-order valence-electron chi connectivity index (χ0n) is 20.9. The Hall–Kier alpha value is -5.04. The van der Waals surface area contributed by atoms with E-state index in [0.717, 1.165) is 5.39 Å². The summed E-state index contributed by atoms with van der Waals surface area (Å²) in [7, 11) is 4.59. The van der Waals surface area contributed by atoms with Gasteiger partial charge in [-0.15, -0.1) is 0 Å². The van der Waals surface area contributed by atoms with Gasteiger partial charge in [-0.2, -0.15) is 0 Å². The molecule has 7 heteroatoms. The molecule has 0 bridgehead atoms. The Morgan fingerprint density at radius 2 is 1.18 bits per heavy atom. The molecular weight excluding hydrogens is 484 g/mol. The van der Waals surface area contributed by atoms with Crippen LogP contribution in [-0.4, -0.2) is 41.8 Å². The van der Waals surface area contributed by atoms with Gasteiger partial charge in [0.1, 0.15) is 40.2 Å². The van der Waals surface area contributed by atoms with Crippen LogP contribution in [-0.2, 0) is 0 Å². The third-order valence-corrected chi connectivity index (χ3v) is 7.10. The molecule has 0 radical (unpaired) electrons. The van der Waals surface area contributed by atoms with Crippen molar-refractivity contribution in [1.29, 1.82) is 0 Å². The van der Waals surface area contributed by atoms with Gasteiger partial charge in [-0.25, -0.2) is 0 Å². The van der Waals surface area contributed by atoms with Gasteiger partial charge in [-0.3, -0.25) is 0 Å². The number of rotatable bonds is 4. The minimum Gasteiger partial charge on any atom is -0.508 e. The maximum atomic E-state index is 11.6. The summed E-state index contributed by atoms with van der Waals surface area (Å²) in [6.07, 6.45) is 0. The number of fused-ring (bicyclic) bond motifs is 4. The molecular formula is C31H24O7. The van der Waals surface area contributed by atoms with E-state index in [0.29, 0.717) is 66.1 Å². The molecule has 7 nitrogen and oxygen atoms in total. The molecule has 0 saturated carbocycles. The normalized spacial score (nSPS) is 11.4. The monoisotopic (exact) mass is 508 g/mol. The Morgan fingerprint density at radius 1 is 0.526 bits per heavy atom. The lowest BCUT2D eigenvalue weighted by Crippen LogP contribution is -1.95. The molecule has 0 atom stereocenters. The first kappa shape index (κ1) is 23.4. The van der Waals surface area contributed by atoms with Crippen molar-refractivity contribution in [3.8, 4) is 51.4 Å². The highest BCUT2D eigenvalue weighted by Crippen LogP contribution is 2.51. The highest BCUT2D eigenvalue weighted by molar-refractivity contribution is 6.19. The molecule has 0 saturated heterocycles. The van der Waals surface area contributed by atoms with Crippen LogP contribution in [0.1, 0.15) is 0 Å². The summed E-state index contributed by atoms with van der Waals surface area (Å²) in [5.41, 5.74) is 1.27. The van der Waals surface area contributed by atoms with Gasteiger partial charge in [0.05, 0.1) is 21.3 Å². The number of methoxy groups -OCH3 is 3. The summed E-state index contributed by atoms with van der Waals surface area (Å²) in [6.45, 7) is 0. The van der Waals surface area contributed by atoms with Crippen LogP contribution < -0.4 is 14.2 Å². The fourth-order valence-electron chi connectivity index (χ4n) is 5.35. The van der Waals surface area contributed by atoms with Crippen molar-refractivity contribution in [2.75, 3.05) is 21.3 Å². The van der Waals surface area contributed by atoms with Crippen LogP contribution in [0.4, 0.5) is 0 Å². The number of phenolic OH excluding ortho intramolecular Hbond substituents is 4. The van der Waals surface area contributed by atoms with Gasteiger partial charge in [-0.05, 0) is 58.8 Å². The first-order valence-corrected chi connectivity index (χ1v) is 11.9. The molecule has 0 aromatic heterocycles. The van der Waals surface area contributed by atoms with Crippen LogP contribution in [0.25, 0.3) is 54.2 Å². The first-order chi connectivity index (χ1) is 18.4. The average Bonchev–Trinajstić information content (AvgIpc) is 2.92. The van der Waals surface area contributed by atoms with E-state index in [1.54, 1.807) is 48.5 Å². The van der Waals surface area contributed by atoms with Crippen molar-refractivity contribution in [2.24, 2.45) is 0 Å². The van der Waals surface area contributed by atoms with Crippen LogP contribution in [0.3, 0.4) is 0 Å². The molecule has 4 N–H and O–H groups in total. The maximum absolute atomic E-state index is 11.6. The van der Waals surface area contributed by atoms with Crippen LogP contribution in [0, 0.1) is 0 Å². The zero-order valence-corrected chi connectivity index (χ0v) is 20.9. The van der Waals surface area contributed by atoms with E-state index >= 15 is 0 Å². The van der Waals surface area contributed by atoms with Crippen LogP contribution >= 0.6 is 0 Å². The number of hydrogen-bond donors (Lipinski definition) is 4. The van der Waals surface area contributed by atoms with Gasteiger partial charge >= 0.3 is 0 Å². The van der Waals surface area contributed by atoms with Gasteiger partial charge in [0.15, 0.2) is 0 Å². The summed E-state index contributed by atoms with van der Waals surface area (Å²) in [5, 5.41) is 47.9. The Morgan fingerprint density at radius 3 is 1.92 bits per heavy atom. The van der Waals surface area contributed by atoms with Crippen LogP contribution in [0.5, 0.6) is 40.2 Å². The first-order valence-electron chi connectivity index (χ1n) is 11.9. The summed E-state index contributed by atoms with van der Waals surface area (Å²) >= 11 is 0. The summed E-state index contributed by atoms with van der Waals surface area (Å²) in [4.78, 5) is 0. The maximum Gasteiger partial charge on any atom is 0.132 e. The van der Waals surface area contributed by atoms with Gasteiger partial charge < -0.3 is 34.6 Å². The molecule has 0 amide bonds. The molecule has 38 heavy (non-hydrogen) atoms. The minimum absolute atomic E-state index is 0.0365. The fraction of sp³-hybridized carbons (Fsp3) is 0.0968. The van der Waals surface area contributed by atoms with E-state index in [2.05, 4.69) is 0 Å². The second kappa shape index (κ2) is 8.52. The van der Waals surface area contributed by atoms with E-state index in [1.807, 2.05) is 12.1 Å². The van der Waals surface area contributed by atoms with Crippen molar-refractivity contribution in [1.82, 2.24) is 0 Å². The average molecular weight is 509 g/mol. The lowest BCUT2D eigenvalue weighted by molar-refractivity contribution is 0.398. The molecule has 0 aliphatic heterocycles. The molecule has 6 aromatic carbocycles. The van der Waals surface area contributed by atoms with Crippen molar-refractivity contribution in [2.45, 2.75) is 0 Å². The molecule has 190 valence electrons. The molecule has 6 aromatic rings. The molecule has 0 spiro atoms. The third-order valence-electron chi connectivity index (χ3n) is 7.10. The Labute approximate surface area is 217 Å². The number of ether oxygens (including phenoxy) is 3. The number of phenols is 4. The quantitative estimate of drug-likeness (QED) is 0.194. The Balaban J connectivity index is 1.82. The number of hydrogen-bond acceptors (Lipinski definition) is 7. The molecule has 0 aliphatic carbocycles. The summed E-state index contributed by atoms with van der Waals surface area (Å²) in [5.74, 6) is 1.50.